The number of nitrogens with zero attached hydrogens (tertiary/aromatic N) is 2. The first-order valence-corrected chi connectivity index (χ1v) is 8.19. The van der Waals surface area contributed by atoms with Crippen molar-refractivity contribution in [2.75, 3.05) is 13.1 Å². The Hall–Kier alpha value is -1.62. The Balaban J connectivity index is 1.79. The highest BCUT2D eigenvalue weighted by Gasteiger charge is 2.37. The summed E-state index contributed by atoms with van der Waals surface area (Å²) in [6, 6.07) is 5.05. The molecule has 1 aromatic rings. The maximum Gasteiger partial charge on any atom is 0.250 e. The van der Waals surface area contributed by atoms with Crippen molar-refractivity contribution in [2.24, 2.45) is 17.6 Å². The zero-order valence-electron chi connectivity index (χ0n) is 13.4. The molecule has 0 aliphatic carbocycles. The molecule has 2 aliphatic heterocycles. The summed E-state index contributed by atoms with van der Waals surface area (Å²) in [5, 5.41) is 0. The van der Waals surface area contributed by atoms with Crippen molar-refractivity contribution < 1.29 is 4.79 Å². The number of pyridine rings is 1. The van der Waals surface area contributed by atoms with Crippen LogP contribution in [0.2, 0.25) is 0 Å². The zero-order chi connectivity index (χ0) is 15.9. The molecule has 2 N–H and O–H groups in total. The minimum absolute atomic E-state index is 0.0649. The highest BCUT2D eigenvalue weighted by molar-refractivity contribution is 5.81. The third-order valence-electron chi connectivity index (χ3n) is 4.83. The molecular formula is C17H25N3O2. The van der Waals surface area contributed by atoms with Crippen LogP contribution >= 0.6 is 0 Å². The van der Waals surface area contributed by atoms with Crippen LogP contribution in [0.4, 0.5) is 0 Å². The minimum atomic E-state index is -0.406. The van der Waals surface area contributed by atoms with Crippen LogP contribution in [0.15, 0.2) is 23.0 Å². The van der Waals surface area contributed by atoms with Gasteiger partial charge < -0.3 is 15.2 Å². The average Bonchev–Trinajstić information content (AvgIpc) is 2.46. The van der Waals surface area contributed by atoms with E-state index in [4.69, 9.17) is 5.73 Å². The molecule has 5 nitrogen and oxygen atoms in total. The van der Waals surface area contributed by atoms with Crippen molar-refractivity contribution in [3.63, 3.8) is 0 Å². The second-order valence-electron chi connectivity index (χ2n) is 7.18. The van der Waals surface area contributed by atoms with E-state index in [1.165, 1.54) is 0 Å². The molecule has 1 amide bonds. The third-order valence-corrected chi connectivity index (χ3v) is 4.83. The molecule has 3 rings (SSSR count). The first kappa shape index (κ1) is 15.3. The fourth-order valence-electron chi connectivity index (χ4n) is 3.92. The lowest BCUT2D eigenvalue weighted by molar-refractivity contribution is -0.135. The monoisotopic (exact) mass is 303 g/mol. The van der Waals surface area contributed by atoms with Gasteiger partial charge in [-0.3, -0.25) is 9.59 Å². The number of amides is 1. The van der Waals surface area contributed by atoms with Crippen molar-refractivity contribution in [3.8, 4) is 0 Å². The molecule has 0 saturated carbocycles. The van der Waals surface area contributed by atoms with Gasteiger partial charge in [0.15, 0.2) is 0 Å². The number of fused-ring (bicyclic) bond motifs is 4. The molecule has 0 radical (unpaired) electrons. The van der Waals surface area contributed by atoms with Crippen LogP contribution in [0, 0.1) is 11.8 Å². The number of carbonyl (C=O) groups excluding carboxylic acids is 1. The van der Waals surface area contributed by atoms with Crippen molar-refractivity contribution in [1.82, 2.24) is 9.47 Å². The first-order valence-electron chi connectivity index (χ1n) is 8.19. The SMILES string of the molecule is CC(C)C[C@H](N)C(=O)N1C[C@@H]2C[C@@H](C1)c1cccc(=O)n1C2. The second-order valence-corrected chi connectivity index (χ2v) is 7.18. The number of hydrogen-bond acceptors (Lipinski definition) is 3. The fourth-order valence-corrected chi connectivity index (χ4v) is 3.92. The largest absolute Gasteiger partial charge is 0.340 e. The summed E-state index contributed by atoms with van der Waals surface area (Å²) in [5.74, 6) is 1.11. The van der Waals surface area contributed by atoms with E-state index < -0.39 is 6.04 Å². The number of carbonyl (C=O) groups is 1. The molecule has 3 heterocycles. The lowest BCUT2D eigenvalue weighted by Crippen LogP contribution is -2.53. The van der Waals surface area contributed by atoms with Crippen LogP contribution in [-0.4, -0.2) is 34.5 Å². The van der Waals surface area contributed by atoms with Gasteiger partial charge >= 0.3 is 0 Å². The standard InChI is InChI=1S/C17H25N3O2/c1-11(2)6-14(18)17(22)19-8-12-7-13(10-19)15-4-3-5-16(21)20(15)9-12/h3-5,11-14H,6-10,18H2,1-2H3/t12-,13-,14-/m0/s1. The van der Waals surface area contributed by atoms with Gasteiger partial charge in [-0.15, -0.1) is 0 Å². The van der Waals surface area contributed by atoms with Gasteiger partial charge in [-0.25, -0.2) is 0 Å². The lowest BCUT2D eigenvalue weighted by atomic mass is 9.83. The normalized spacial score (nSPS) is 25.0. The van der Waals surface area contributed by atoms with Gasteiger partial charge in [0.1, 0.15) is 0 Å². The summed E-state index contributed by atoms with van der Waals surface area (Å²) in [6.45, 7) is 6.29. The van der Waals surface area contributed by atoms with Crippen molar-refractivity contribution in [2.45, 2.75) is 45.2 Å². The number of nitrogens with two attached hydrogens (primary N) is 1. The van der Waals surface area contributed by atoms with Crippen LogP contribution in [0.3, 0.4) is 0 Å². The average molecular weight is 303 g/mol. The van der Waals surface area contributed by atoms with E-state index in [1.54, 1.807) is 6.07 Å². The highest BCUT2D eigenvalue weighted by atomic mass is 16.2. The van der Waals surface area contributed by atoms with E-state index in [-0.39, 0.29) is 17.4 Å². The first-order chi connectivity index (χ1) is 10.5. The summed E-state index contributed by atoms with van der Waals surface area (Å²) >= 11 is 0. The Kier molecular flexibility index (Phi) is 4.08. The molecule has 22 heavy (non-hydrogen) atoms. The van der Waals surface area contributed by atoms with Crippen LogP contribution in [0.1, 0.15) is 38.3 Å². The van der Waals surface area contributed by atoms with Gasteiger partial charge in [0, 0.05) is 37.3 Å². The summed E-state index contributed by atoms with van der Waals surface area (Å²) in [4.78, 5) is 26.5. The number of likely N-dealkylation sites (tertiary alicyclic amines) is 1. The van der Waals surface area contributed by atoms with E-state index >= 15 is 0 Å². The van der Waals surface area contributed by atoms with Gasteiger partial charge in [0.05, 0.1) is 6.04 Å². The molecule has 0 spiro atoms. The Morgan fingerprint density at radius 1 is 1.32 bits per heavy atom. The van der Waals surface area contributed by atoms with E-state index in [0.717, 1.165) is 25.1 Å². The maximum atomic E-state index is 12.6. The molecule has 0 aromatic carbocycles. The molecule has 3 atom stereocenters. The summed E-state index contributed by atoms with van der Waals surface area (Å²) in [6.07, 6.45) is 1.79. The third kappa shape index (κ3) is 2.82. The maximum absolute atomic E-state index is 12.6. The van der Waals surface area contributed by atoms with Crippen LogP contribution in [-0.2, 0) is 11.3 Å². The van der Waals surface area contributed by atoms with Crippen molar-refractivity contribution >= 4 is 5.91 Å². The highest BCUT2D eigenvalue weighted by Crippen LogP contribution is 2.35. The van der Waals surface area contributed by atoms with Crippen molar-refractivity contribution in [3.05, 3.63) is 34.2 Å². The number of piperidine rings is 1. The summed E-state index contributed by atoms with van der Waals surface area (Å²) < 4.78 is 1.88. The number of aromatic nitrogens is 1. The van der Waals surface area contributed by atoms with E-state index in [1.807, 2.05) is 21.6 Å². The number of hydrogen-bond donors (Lipinski definition) is 1. The van der Waals surface area contributed by atoms with E-state index in [2.05, 4.69) is 13.8 Å². The molecule has 1 fully saturated rings. The molecule has 2 aliphatic rings. The Bertz CT molecular complexity index is 623. The van der Waals surface area contributed by atoms with Gasteiger partial charge in [0.25, 0.3) is 5.56 Å². The van der Waals surface area contributed by atoms with Crippen LogP contribution in [0.5, 0.6) is 0 Å². The number of rotatable bonds is 3. The summed E-state index contributed by atoms with van der Waals surface area (Å²) in [5.41, 5.74) is 7.21. The summed E-state index contributed by atoms with van der Waals surface area (Å²) in [7, 11) is 0. The minimum Gasteiger partial charge on any atom is -0.340 e. The van der Waals surface area contributed by atoms with Gasteiger partial charge in [-0.1, -0.05) is 19.9 Å². The molecule has 5 heteroatoms. The molecule has 0 unspecified atom stereocenters. The van der Waals surface area contributed by atoms with Crippen LogP contribution < -0.4 is 11.3 Å². The Labute approximate surface area is 131 Å². The Morgan fingerprint density at radius 2 is 2.09 bits per heavy atom. The lowest BCUT2D eigenvalue weighted by Gasteiger charge is -2.43. The predicted molar refractivity (Wildman–Crippen MR) is 85.6 cm³/mol. The van der Waals surface area contributed by atoms with Crippen LogP contribution in [0.25, 0.3) is 0 Å². The smallest absolute Gasteiger partial charge is 0.250 e. The molecule has 120 valence electrons. The second kappa shape index (κ2) is 5.88. The van der Waals surface area contributed by atoms with Gasteiger partial charge in [-0.05, 0) is 30.7 Å². The van der Waals surface area contributed by atoms with Gasteiger partial charge in [-0.2, -0.15) is 0 Å². The van der Waals surface area contributed by atoms with Crippen molar-refractivity contribution in [1.29, 1.82) is 0 Å². The molecule has 1 saturated heterocycles. The topological polar surface area (TPSA) is 68.3 Å². The van der Waals surface area contributed by atoms with E-state index in [0.29, 0.717) is 24.9 Å². The van der Waals surface area contributed by atoms with Gasteiger partial charge in [0.2, 0.25) is 5.91 Å². The Morgan fingerprint density at radius 3 is 2.82 bits per heavy atom. The zero-order valence-corrected chi connectivity index (χ0v) is 13.4. The quantitative estimate of drug-likeness (QED) is 0.911. The molecule has 1 aromatic heterocycles. The van der Waals surface area contributed by atoms with E-state index in [9.17, 15) is 9.59 Å². The molecular weight excluding hydrogens is 278 g/mol. The fraction of sp³-hybridized carbons (Fsp3) is 0.647. The predicted octanol–water partition coefficient (Wildman–Crippen LogP) is 1.17. The molecule has 2 bridgehead atoms.